The molecular weight excluding hydrogens is 268 g/mol. The summed E-state index contributed by atoms with van der Waals surface area (Å²) in [5, 5.41) is 14.2. The molecule has 0 saturated carbocycles. The largest absolute Gasteiger partial charge is 0.481 e. The van der Waals surface area contributed by atoms with Gasteiger partial charge in [-0.05, 0) is 36.3 Å². The number of carbonyl (C=O) groups excluding carboxylic acids is 1. The van der Waals surface area contributed by atoms with Crippen LogP contribution in [0, 0.1) is 0 Å². The zero-order valence-electron chi connectivity index (χ0n) is 12.3. The van der Waals surface area contributed by atoms with Crippen molar-refractivity contribution in [1.82, 2.24) is 10.6 Å². The van der Waals surface area contributed by atoms with Gasteiger partial charge in [-0.3, -0.25) is 4.79 Å². The van der Waals surface area contributed by atoms with Crippen LogP contribution in [-0.2, 0) is 4.79 Å². The second kappa shape index (κ2) is 7.11. The van der Waals surface area contributed by atoms with Gasteiger partial charge in [0.1, 0.15) is 0 Å². The third kappa shape index (κ3) is 4.21. The summed E-state index contributed by atoms with van der Waals surface area (Å²) < 4.78 is 0. The Balaban J connectivity index is 1.87. The van der Waals surface area contributed by atoms with E-state index < -0.39 is 5.97 Å². The first-order valence-electron chi connectivity index (χ1n) is 7.43. The minimum absolute atomic E-state index is 0.0388. The Bertz CT molecular complexity index is 516. The molecule has 1 aromatic rings. The zero-order chi connectivity index (χ0) is 15.2. The summed E-state index contributed by atoms with van der Waals surface area (Å²) in [5.74, 6) is -0.315. The molecule has 0 saturated heterocycles. The van der Waals surface area contributed by atoms with E-state index in [4.69, 9.17) is 5.11 Å². The summed E-state index contributed by atoms with van der Waals surface area (Å²) in [6.07, 6.45) is 2.51. The molecule has 21 heavy (non-hydrogen) atoms. The lowest BCUT2D eigenvalue weighted by Crippen LogP contribution is -2.39. The molecule has 1 aromatic carbocycles. The van der Waals surface area contributed by atoms with E-state index >= 15 is 0 Å². The van der Waals surface area contributed by atoms with Gasteiger partial charge in [0.05, 0.1) is 6.04 Å². The lowest BCUT2D eigenvalue weighted by Gasteiger charge is -2.30. The highest BCUT2D eigenvalue weighted by Gasteiger charge is 2.25. The summed E-state index contributed by atoms with van der Waals surface area (Å²) in [4.78, 5) is 22.3. The van der Waals surface area contributed by atoms with Gasteiger partial charge in [-0.25, -0.2) is 4.79 Å². The Kier molecular flexibility index (Phi) is 5.20. The van der Waals surface area contributed by atoms with Gasteiger partial charge in [0.25, 0.3) is 0 Å². The van der Waals surface area contributed by atoms with Crippen molar-refractivity contribution in [2.24, 2.45) is 0 Å². The molecular formula is C16H22N2O3. The summed E-state index contributed by atoms with van der Waals surface area (Å²) in [7, 11) is 0. The molecule has 2 unspecified atom stereocenters. The molecule has 2 amide bonds. The number of carbonyl (C=O) groups is 2. The fraction of sp³-hybridized carbons (Fsp3) is 0.500. The number of rotatable bonds is 5. The van der Waals surface area contributed by atoms with Crippen LogP contribution in [0.3, 0.4) is 0 Å². The molecule has 1 aliphatic rings. The SMILES string of the molecule is CC1CCC(NC(=O)NCCCC(=O)O)c2ccccc21. The third-order valence-corrected chi connectivity index (χ3v) is 3.95. The Morgan fingerprint density at radius 1 is 1.24 bits per heavy atom. The molecule has 2 rings (SSSR count). The molecule has 5 nitrogen and oxygen atoms in total. The lowest BCUT2D eigenvalue weighted by atomic mass is 9.81. The smallest absolute Gasteiger partial charge is 0.315 e. The molecule has 0 aliphatic heterocycles. The zero-order valence-corrected chi connectivity index (χ0v) is 12.3. The van der Waals surface area contributed by atoms with Gasteiger partial charge in [0, 0.05) is 13.0 Å². The number of aliphatic carboxylic acids is 1. The van der Waals surface area contributed by atoms with Crippen LogP contribution in [0.15, 0.2) is 24.3 Å². The van der Waals surface area contributed by atoms with Gasteiger partial charge >= 0.3 is 12.0 Å². The van der Waals surface area contributed by atoms with Crippen LogP contribution in [0.4, 0.5) is 4.79 Å². The number of fused-ring (bicyclic) bond motifs is 1. The number of urea groups is 1. The van der Waals surface area contributed by atoms with Crippen molar-refractivity contribution in [3.05, 3.63) is 35.4 Å². The van der Waals surface area contributed by atoms with Crippen LogP contribution in [-0.4, -0.2) is 23.7 Å². The van der Waals surface area contributed by atoms with Crippen LogP contribution in [0.5, 0.6) is 0 Å². The van der Waals surface area contributed by atoms with Gasteiger partial charge in [0.15, 0.2) is 0 Å². The molecule has 0 aromatic heterocycles. The molecule has 0 bridgehead atoms. The third-order valence-electron chi connectivity index (χ3n) is 3.95. The maximum absolute atomic E-state index is 11.9. The summed E-state index contributed by atoms with van der Waals surface area (Å²) in [6.45, 7) is 2.59. The van der Waals surface area contributed by atoms with Crippen molar-refractivity contribution in [1.29, 1.82) is 0 Å². The first-order valence-corrected chi connectivity index (χ1v) is 7.43. The average molecular weight is 290 g/mol. The topological polar surface area (TPSA) is 78.4 Å². The number of hydrogen-bond donors (Lipinski definition) is 3. The molecule has 2 atom stereocenters. The van der Waals surface area contributed by atoms with Crippen LogP contribution >= 0.6 is 0 Å². The van der Waals surface area contributed by atoms with E-state index in [1.54, 1.807) is 0 Å². The highest BCUT2D eigenvalue weighted by atomic mass is 16.4. The van der Waals surface area contributed by atoms with Crippen molar-refractivity contribution in [3.8, 4) is 0 Å². The van der Waals surface area contributed by atoms with Crippen molar-refractivity contribution in [2.75, 3.05) is 6.54 Å². The minimum atomic E-state index is -0.840. The number of carboxylic acids is 1. The predicted octanol–water partition coefficient (Wildman–Crippen LogP) is 2.79. The van der Waals surface area contributed by atoms with E-state index in [1.807, 2.05) is 12.1 Å². The summed E-state index contributed by atoms with van der Waals surface area (Å²) in [5.41, 5.74) is 2.50. The number of carboxylic acid groups (broad SMARTS) is 1. The van der Waals surface area contributed by atoms with Gasteiger partial charge in [-0.15, -0.1) is 0 Å². The molecule has 0 radical (unpaired) electrons. The predicted molar refractivity (Wildman–Crippen MR) is 80.2 cm³/mol. The molecule has 1 aliphatic carbocycles. The summed E-state index contributed by atoms with van der Waals surface area (Å²) in [6, 6.07) is 8.03. The minimum Gasteiger partial charge on any atom is -0.481 e. The number of amides is 2. The van der Waals surface area contributed by atoms with Crippen LogP contribution in [0.25, 0.3) is 0 Å². The Hall–Kier alpha value is -2.04. The lowest BCUT2D eigenvalue weighted by molar-refractivity contribution is -0.137. The Labute approximate surface area is 124 Å². The maximum atomic E-state index is 11.9. The second-order valence-electron chi connectivity index (χ2n) is 5.56. The van der Waals surface area contributed by atoms with E-state index in [2.05, 4.69) is 29.7 Å². The van der Waals surface area contributed by atoms with Gasteiger partial charge in [0.2, 0.25) is 0 Å². The van der Waals surface area contributed by atoms with Crippen LogP contribution in [0.2, 0.25) is 0 Å². The van der Waals surface area contributed by atoms with Gasteiger partial charge in [-0.2, -0.15) is 0 Å². The molecule has 0 fully saturated rings. The average Bonchev–Trinajstić information content (AvgIpc) is 2.47. The van der Waals surface area contributed by atoms with E-state index in [0.29, 0.717) is 18.9 Å². The molecule has 3 N–H and O–H groups in total. The molecule has 5 heteroatoms. The Morgan fingerprint density at radius 2 is 1.95 bits per heavy atom. The first kappa shape index (κ1) is 15.4. The van der Waals surface area contributed by atoms with Gasteiger partial charge < -0.3 is 15.7 Å². The van der Waals surface area contributed by atoms with Crippen LogP contribution in [0.1, 0.15) is 55.7 Å². The molecule has 0 heterocycles. The normalized spacial score (nSPS) is 20.4. The fourth-order valence-electron chi connectivity index (χ4n) is 2.81. The molecule has 0 spiro atoms. The van der Waals surface area contributed by atoms with Crippen molar-refractivity contribution in [2.45, 2.75) is 44.6 Å². The highest BCUT2D eigenvalue weighted by molar-refractivity contribution is 5.74. The maximum Gasteiger partial charge on any atom is 0.315 e. The van der Waals surface area contributed by atoms with Gasteiger partial charge in [-0.1, -0.05) is 31.2 Å². The van der Waals surface area contributed by atoms with E-state index in [-0.39, 0.29) is 18.5 Å². The van der Waals surface area contributed by atoms with E-state index in [9.17, 15) is 9.59 Å². The van der Waals surface area contributed by atoms with E-state index in [0.717, 1.165) is 12.8 Å². The number of benzene rings is 1. The first-order chi connectivity index (χ1) is 10.1. The van der Waals surface area contributed by atoms with E-state index in [1.165, 1.54) is 11.1 Å². The fourth-order valence-corrected chi connectivity index (χ4v) is 2.81. The monoisotopic (exact) mass is 290 g/mol. The molecule has 114 valence electrons. The second-order valence-corrected chi connectivity index (χ2v) is 5.56. The highest BCUT2D eigenvalue weighted by Crippen LogP contribution is 2.36. The number of nitrogens with one attached hydrogen (secondary N) is 2. The van der Waals surface area contributed by atoms with Crippen molar-refractivity contribution in [3.63, 3.8) is 0 Å². The van der Waals surface area contributed by atoms with Crippen molar-refractivity contribution >= 4 is 12.0 Å². The Morgan fingerprint density at radius 3 is 2.67 bits per heavy atom. The quantitative estimate of drug-likeness (QED) is 0.730. The standard InChI is InChI=1S/C16H22N2O3/c1-11-8-9-14(13-6-3-2-5-12(11)13)18-16(21)17-10-4-7-15(19)20/h2-3,5-6,11,14H,4,7-10H2,1H3,(H,19,20)(H2,17,18,21). The summed E-state index contributed by atoms with van der Waals surface area (Å²) >= 11 is 0. The van der Waals surface area contributed by atoms with Crippen LogP contribution < -0.4 is 10.6 Å². The van der Waals surface area contributed by atoms with Crippen molar-refractivity contribution < 1.29 is 14.7 Å². The number of hydrogen-bond acceptors (Lipinski definition) is 2.